The number of nitriles is 1. The molecule has 1 amide bonds. The number of amides is 1. The van der Waals surface area contributed by atoms with Gasteiger partial charge in [-0.05, 0) is 12.1 Å². The first-order valence-electron chi connectivity index (χ1n) is 7.40. The number of ether oxygens (including phenoxy) is 2. The monoisotopic (exact) mass is 351 g/mol. The lowest BCUT2D eigenvalue weighted by Gasteiger charge is -2.42. The van der Waals surface area contributed by atoms with Crippen LogP contribution in [0.1, 0.15) is 13.3 Å². The van der Waals surface area contributed by atoms with Crippen molar-refractivity contribution >= 4 is 11.6 Å². The van der Waals surface area contributed by atoms with Gasteiger partial charge in [-0.3, -0.25) is 14.9 Å². The highest BCUT2D eigenvalue weighted by atomic mass is 16.7. The fourth-order valence-electron chi connectivity index (χ4n) is 2.46. The quantitative estimate of drug-likeness (QED) is 0.488. The number of benzene rings is 1. The number of carbonyl (C=O) groups is 1. The van der Waals surface area contributed by atoms with Crippen LogP contribution in [-0.2, 0) is 9.53 Å². The van der Waals surface area contributed by atoms with Crippen molar-refractivity contribution in [1.82, 2.24) is 5.32 Å². The van der Waals surface area contributed by atoms with E-state index < -0.39 is 41.5 Å². The molecule has 1 saturated heterocycles. The molecular formula is C15H17N3O7. The van der Waals surface area contributed by atoms with Crippen LogP contribution in [0, 0.1) is 21.4 Å². The Hall–Kier alpha value is -2.74. The van der Waals surface area contributed by atoms with Crippen molar-refractivity contribution in [2.45, 2.75) is 44.0 Å². The molecule has 0 aliphatic carbocycles. The van der Waals surface area contributed by atoms with Crippen LogP contribution >= 0.6 is 0 Å². The van der Waals surface area contributed by atoms with E-state index in [1.165, 1.54) is 31.2 Å². The SMILES string of the molecule is CC(=O)N[C@H]1[C@H](Oc2ccc([N+](=O)[O-])cc2)O[C@H](CC#N)[C@@H](O)[C@@H]1O. The van der Waals surface area contributed by atoms with Crippen LogP contribution in [0.3, 0.4) is 0 Å². The summed E-state index contributed by atoms with van der Waals surface area (Å²) < 4.78 is 11.1. The summed E-state index contributed by atoms with van der Waals surface area (Å²) in [6, 6.07) is 5.87. The van der Waals surface area contributed by atoms with Gasteiger partial charge in [0.15, 0.2) is 0 Å². The molecule has 0 spiro atoms. The second kappa shape index (κ2) is 7.89. The van der Waals surface area contributed by atoms with Gasteiger partial charge < -0.3 is 25.0 Å². The number of hydrogen-bond donors (Lipinski definition) is 3. The van der Waals surface area contributed by atoms with Gasteiger partial charge in [0.2, 0.25) is 12.2 Å². The highest BCUT2D eigenvalue weighted by Crippen LogP contribution is 2.26. The Kier molecular flexibility index (Phi) is 5.87. The minimum absolute atomic E-state index is 0.131. The van der Waals surface area contributed by atoms with E-state index in [1.54, 1.807) is 0 Å². The lowest BCUT2D eigenvalue weighted by atomic mass is 9.95. The fourth-order valence-corrected chi connectivity index (χ4v) is 2.46. The van der Waals surface area contributed by atoms with Crippen molar-refractivity contribution in [2.75, 3.05) is 0 Å². The highest BCUT2D eigenvalue weighted by molar-refractivity contribution is 5.73. The van der Waals surface area contributed by atoms with Crippen molar-refractivity contribution in [3.63, 3.8) is 0 Å². The number of nitro benzene ring substituents is 1. The molecule has 10 nitrogen and oxygen atoms in total. The topological polar surface area (TPSA) is 155 Å². The Morgan fingerprint density at radius 3 is 2.56 bits per heavy atom. The molecule has 1 aromatic carbocycles. The molecule has 2 rings (SSSR count). The Labute approximate surface area is 142 Å². The van der Waals surface area contributed by atoms with E-state index in [2.05, 4.69) is 5.32 Å². The molecule has 0 aromatic heterocycles. The number of rotatable bonds is 5. The van der Waals surface area contributed by atoms with Gasteiger partial charge in [-0.25, -0.2) is 0 Å². The van der Waals surface area contributed by atoms with Gasteiger partial charge in [0.1, 0.15) is 30.1 Å². The second-order valence-corrected chi connectivity index (χ2v) is 5.48. The zero-order valence-electron chi connectivity index (χ0n) is 13.2. The Morgan fingerprint density at radius 2 is 2.04 bits per heavy atom. The number of nitrogens with one attached hydrogen (secondary N) is 1. The lowest BCUT2D eigenvalue weighted by Crippen LogP contribution is -2.64. The standard InChI is InChI=1S/C15H17N3O7/c1-8(19)17-12-14(21)13(20)11(6-7-16)25-15(12)24-10-4-2-9(3-5-10)18(22)23/h2-5,11-15,20-21H,6H2,1H3,(H,17,19)/t11-,12-,13-,14-,15-/m1/s1. The number of carbonyl (C=O) groups excluding carboxylic acids is 1. The third-order valence-corrected chi connectivity index (χ3v) is 3.66. The van der Waals surface area contributed by atoms with E-state index in [4.69, 9.17) is 14.7 Å². The normalized spacial score (nSPS) is 28.6. The third-order valence-electron chi connectivity index (χ3n) is 3.66. The third kappa shape index (κ3) is 4.42. The molecule has 1 aliphatic rings. The van der Waals surface area contributed by atoms with E-state index >= 15 is 0 Å². The summed E-state index contributed by atoms with van der Waals surface area (Å²) in [7, 11) is 0. The number of hydrogen-bond acceptors (Lipinski definition) is 8. The van der Waals surface area contributed by atoms with Crippen LogP contribution in [0.25, 0.3) is 0 Å². The molecule has 25 heavy (non-hydrogen) atoms. The molecule has 0 unspecified atom stereocenters. The van der Waals surface area contributed by atoms with Crippen LogP contribution in [0.15, 0.2) is 24.3 Å². The van der Waals surface area contributed by atoms with Crippen LogP contribution in [0.4, 0.5) is 5.69 Å². The Bertz CT molecular complexity index is 673. The maximum Gasteiger partial charge on any atom is 0.269 e. The predicted molar refractivity (Wildman–Crippen MR) is 82.2 cm³/mol. The molecule has 10 heteroatoms. The molecule has 1 aromatic rings. The average Bonchev–Trinajstić information content (AvgIpc) is 2.56. The van der Waals surface area contributed by atoms with E-state index in [1.807, 2.05) is 6.07 Å². The number of non-ortho nitro benzene ring substituents is 1. The number of aliphatic hydroxyl groups excluding tert-OH is 2. The van der Waals surface area contributed by atoms with Crippen molar-refractivity contribution in [3.8, 4) is 11.8 Å². The van der Waals surface area contributed by atoms with Crippen LogP contribution in [0.5, 0.6) is 5.75 Å². The summed E-state index contributed by atoms with van der Waals surface area (Å²) in [5.74, 6) is -0.277. The molecule has 1 fully saturated rings. The lowest BCUT2D eigenvalue weighted by molar-refractivity contribution is -0.384. The molecule has 1 aliphatic heterocycles. The maximum absolute atomic E-state index is 11.3. The Balaban J connectivity index is 2.21. The van der Waals surface area contributed by atoms with Gasteiger partial charge in [0.05, 0.1) is 17.4 Å². The van der Waals surface area contributed by atoms with Crippen molar-refractivity contribution < 1.29 is 29.4 Å². The van der Waals surface area contributed by atoms with Crippen LogP contribution in [-0.4, -0.2) is 51.7 Å². The molecule has 1 heterocycles. The predicted octanol–water partition coefficient (Wildman–Crippen LogP) is -0.161. The molecule has 5 atom stereocenters. The maximum atomic E-state index is 11.3. The van der Waals surface area contributed by atoms with Gasteiger partial charge in [0.25, 0.3) is 5.69 Å². The molecular weight excluding hydrogens is 334 g/mol. The minimum atomic E-state index is -1.42. The summed E-state index contributed by atoms with van der Waals surface area (Å²) in [5, 5.41) is 42.2. The van der Waals surface area contributed by atoms with Crippen molar-refractivity contribution in [3.05, 3.63) is 34.4 Å². The zero-order chi connectivity index (χ0) is 18.6. The molecule has 3 N–H and O–H groups in total. The molecule has 134 valence electrons. The number of nitrogens with zero attached hydrogens (tertiary/aromatic N) is 2. The minimum Gasteiger partial charge on any atom is -0.463 e. The summed E-state index contributed by atoms with van der Waals surface area (Å²) in [6.45, 7) is 1.23. The second-order valence-electron chi connectivity index (χ2n) is 5.48. The van der Waals surface area contributed by atoms with Gasteiger partial charge in [-0.15, -0.1) is 0 Å². The zero-order valence-corrected chi connectivity index (χ0v) is 13.2. The molecule has 0 radical (unpaired) electrons. The Morgan fingerprint density at radius 1 is 1.40 bits per heavy atom. The van der Waals surface area contributed by atoms with Gasteiger partial charge >= 0.3 is 0 Å². The summed E-state index contributed by atoms with van der Waals surface area (Å²) in [5.41, 5.74) is -0.131. The van der Waals surface area contributed by atoms with Crippen LogP contribution < -0.4 is 10.1 Å². The highest BCUT2D eigenvalue weighted by Gasteiger charge is 2.46. The summed E-state index contributed by atoms with van der Waals surface area (Å²) in [4.78, 5) is 21.5. The van der Waals surface area contributed by atoms with Crippen molar-refractivity contribution in [1.29, 1.82) is 5.26 Å². The first kappa shape index (κ1) is 18.6. The average molecular weight is 351 g/mol. The van der Waals surface area contributed by atoms with Gasteiger partial charge in [-0.2, -0.15) is 5.26 Å². The van der Waals surface area contributed by atoms with E-state index in [0.717, 1.165) is 0 Å². The van der Waals surface area contributed by atoms with Crippen LogP contribution in [0.2, 0.25) is 0 Å². The smallest absolute Gasteiger partial charge is 0.269 e. The summed E-state index contributed by atoms with van der Waals surface area (Å²) in [6.07, 6.45) is -5.19. The van der Waals surface area contributed by atoms with E-state index in [0.29, 0.717) is 0 Å². The fraction of sp³-hybridized carbons (Fsp3) is 0.467. The number of nitro groups is 1. The molecule has 0 bridgehead atoms. The largest absolute Gasteiger partial charge is 0.463 e. The van der Waals surface area contributed by atoms with Gasteiger partial charge in [-0.1, -0.05) is 0 Å². The first-order valence-corrected chi connectivity index (χ1v) is 7.40. The van der Waals surface area contributed by atoms with Crippen molar-refractivity contribution in [2.24, 2.45) is 0 Å². The first-order chi connectivity index (χ1) is 11.8. The van der Waals surface area contributed by atoms with E-state index in [9.17, 15) is 25.1 Å². The summed E-state index contributed by atoms with van der Waals surface area (Å²) >= 11 is 0. The van der Waals surface area contributed by atoms with E-state index in [-0.39, 0.29) is 17.9 Å². The van der Waals surface area contributed by atoms with Gasteiger partial charge in [0, 0.05) is 19.1 Å². The number of aliphatic hydroxyl groups is 2. The molecule has 0 saturated carbocycles.